The molecule has 0 bridgehead atoms. The average Bonchev–Trinajstić information content (AvgIpc) is 3.55. The molecule has 212 valence electrons. The third kappa shape index (κ3) is 5.04. The lowest BCUT2D eigenvalue weighted by Gasteiger charge is -2.35. The van der Waals surface area contributed by atoms with Gasteiger partial charge in [-0.25, -0.2) is 19.1 Å². The van der Waals surface area contributed by atoms with E-state index in [4.69, 9.17) is 9.15 Å². The third-order valence-electron chi connectivity index (χ3n) is 7.81. The van der Waals surface area contributed by atoms with Gasteiger partial charge in [-0.3, -0.25) is 9.36 Å². The van der Waals surface area contributed by atoms with Gasteiger partial charge >= 0.3 is 11.7 Å². The first-order valence-corrected chi connectivity index (χ1v) is 14.1. The predicted octanol–water partition coefficient (Wildman–Crippen LogP) is 4.46. The van der Waals surface area contributed by atoms with Gasteiger partial charge in [-0.05, 0) is 64.5 Å². The second-order valence-corrected chi connectivity index (χ2v) is 12.2. The molecule has 1 aliphatic rings. The number of hydrogen-bond donors (Lipinski definition) is 2. The highest BCUT2D eigenvalue weighted by atomic mass is 32.1. The van der Waals surface area contributed by atoms with Gasteiger partial charge in [-0.15, -0.1) is 11.3 Å². The number of aliphatic hydroxyl groups is 1. The number of carboxylic acids is 1. The first-order valence-electron chi connectivity index (χ1n) is 13.3. The Bertz CT molecular complexity index is 1640. The second kappa shape index (κ2) is 10.5. The van der Waals surface area contributed by atoms with Crippen LogP contribution in [0.2, 0.25) is 0 Å². The average molecular weight is 568 g/mol. The molecule has 2 N–H and O–H groups in total. The van der Waals surface area contributed by atoms with E-state index >= 15 is 0 Å². The molecule has 3 aromatic heterocycles. The third-order valence-corrected chi connectivity index (χ3v) is 9.11. The Morgan fingerprint density at radius 3 is 2.52 bits per heavy atom. The van der Waals surface area contributed by atoms with Crippen LogP contribution in [0.4, 0.5) is 0 Å². The summed E-state index contributed by atoms with van der Waals surface area (Å²) in [6, 6.07) is 9.51. The number of benzene rings is 1. The molecule has 5 rings (SSSR count). The van der Waals surface area contributed by atoms with E-state index in [0.717, 1.165) is 10.1 Å². The van der Waals surface area contributed by atoms with Gasteiger partial charge in [-0.2, -0.15) is 0 Å². The van der Waals surface area contributed by atoms with Crippen LogP contribution in [0.25, 0.3) is 21.0 Å². The maximum Gasteiger partial charge on any atom is 0.333 e. The van der Waals surface area contributed by atoms with Gasteiger partial charge in [0.15, 0.2) is 0 Å². The SMILES string of the molecule is Cc1c(-c2ncco2)sc2c1c(=O)n(C(C)(C)C(=O)O)c(=O)n2C[C@H](O[C@H]1CC[C@@](C)(O)CC1)c1ccccc1. The molecular formula is C29H33N3O7S. The van der Waals surface area contributed by atoms with E-state index in [-0.39, 0.29) is 18.0 Å². The van der Waals surface area contributed by atoms with Crippen LogP contribution in [0.15, 0.2) is 56.8 Å². The maximum atomic E-state index is 14.0. The van der Waals surface area contributed by atoms with Crippen LogP contribution in [-0.2, 0) is 21.6 Å². The van der Waals surface area contributed by atoms with Gasteiger partial charge in [0.2, 0.25) is 5.89 Å². The van der Waals surface area contributed by atoms with Crippen molar-refractivity contribution >= 4 is 27.5 Å². The molecule has 0 spiro atoms. The minimum atomic E-state index is -1.81. The number of thiophene rings is 1. The minimum Gasteiger partial charge on any atom is -0.480 e. The first kappa shape index (κ1) is 28.0. The van der Waals surface area contributed by atoms with Crippen molar-refractivity contribution in [1.82, 2.24) is 14.1 Å². The van der Waals surface area contributed by atoms with E-state index in [0.29, 0.717) is 46.8 Å². The number of aliphatic carboxylic acids is 1. The number of ether oxygens (including phenoxy) is 1. The number of carbonyl (C=O) groups is 1. The fraction of sp³-hybridized carbons (Fsp3) is 0.448. The summed E-state index contributed by atoms with van der Waals surface area (Å²) in [5, 5.41) is 20.6. The number of hydrogen-bond acceptors (Lipinski definition) is 8. The Labute approximate surface area is 234 Å². The number of carboxylic acid groups (broad SMARTS) is 1. The monoisotopic (exact) mass is 567 g/mol. The molecule has 10 nitrogen and oxygen atoms in total. The molecule has 4 aromatic rings. The smallest absolute Gasteiger partial charge is 0.333 e. The van der Waals surface area contributed by atoms with Crippen molar-refractivity contribution in [3.8, 4) is 10.8 Å². The topological polar surface area (TPSA) is 137 Å². The maximum absolute atomic E-state index is 14.0. The fourth-order valence-corrected chi connectivity index (χ4v) is 6.52. The zero-order valence-corrected chi connectivity index (χ0v) is 23.7. The molecule has 1 atom stereocenters. The van der Waals surface area contributed by atoms with Gasteiger partial charge in [0.1, 0.15) is 22.7 Å². The van der Waals surface area contributed by atoms with Gasteiger partial charge in [-0.1, -0.05) is 30.3 Å². The van der Waals surface area contributed by atoms with Gasteiger partial charge < -0.3 is 19.4 Å². The van der Waals surface area contributed by atoms with Crippen molar-refractivity contribution in [1.29, 1.82) is 0 Å². The number of rotatable bonds is 8. The van der Waals surface area contributed by atoms with E-state index in [9.17, 15) is 24.6 Å². The molecular weight excluding hydrogens is 534 g/mol. The molecule has 3 heterocycles. The molecule has 0 saturated heterocycles. The molecule has 0 radical (unpaired) electrons. The molecule has 1 fully saturated rings. The number of nitrogens with zero attached hydrogens (tertiary/aromatic N) is 3. The zero-order valence-electron chi connectivity index (χ0n) is 22.9. The van der Waals surface area contributed by atoms with E-state index in [1.165, 1.54) is 42.2 Å². The zero-order chi connectivity index (χ0) is 28.8. The quantitative estimate of drug-likeness (QED) is 0.318. The molecule has 1 aromatic carbocycles. The summed E-state index contributed by atoms with van der Waals surface area (Å²) in [5.74, 6) is -0.991. The summed E-state index contributed by atoms with van der Waals surface area (Å²) in [4.78, 5) is 45.3. The van der Waals surface area contributed by atoms with Crippen molar-refractivity contribution in [2.24, 2.45) is 0 Å². The Morgan fingerprint density at radius 2 is 1.93 bits per heavy atom. The Kier molecular flexibility index (Phi) is 7.32. The molecule has 0 unspecified atom stereocenters. The highest BCUT2D eigenvalue weighted by Crippen LogP contribution is 2.37. The van der Waals surface area contributed by atoms with Gasteiger partial charge in [0.25, 0.3) is 5.56 Å². The van der Waals surface area contributed by atoms with Crippen LogP contribution in [0.3, 0.4) is 0 Å². The van der Waals surface area contributed by atoms with E-state index in [1.54, 1.807) is 6.92 Å². The van der Waals surface area contributed by atoms with E-state index in [1.807, 2.05) is 37.3 Å². The van der Waals surface area contributed by atoms with Gasteiger partial charge in [0, 0.05) is 0 Å². The summed E-state index contributed by atoms with van der Waals surface area (Å²) in [7, 11) is 0. The lowest BCUT2D eigenvalue weighted by molar-refractivity contribution is -0.146. The minimum absolute atomic E-state index is 0.0488. The van der Waals surface area contributed by atoms with Crippen molar-refractivity contribution in [3.63, 3.8) is 0 Å². The number of aromatic nitrogens is 3. The second-order valence-electron chi connectivity index (χ2n) is 11.2. The van der Waals surface area contributed by atoms with Gasteiger partial charge in [0.05, 0.1) is 34.7 Å². The summed E-state index contributed by atoms with van der Waals surface area (Å²) in [5.41, 5.74) is -2.55. The van der Waals surface area contributed by atoms with E-state index < -0.39 is 34.5 Å². The fourth-order valence-electron chi connectivity index (χ4n) is 5.28. The summed E-state index contributed by atoms with van der Waals surface area (Å²) >= 11 is 1.20. The lowest BCUT2D eigenvalue weighted by Crippen LogP contribution is -2.52. The molecule has 40 heavy (non-hydrogen) atoms. The summed E-state index contributed by atoms with van der Waals surface area (Å²) < 4.78 is 14.4. The number of fused-ring (bicyclic) bond motifs is 1. The number of aryl methyl sites for hydroxylation is 1. The van der Waals surface area contributed by atoms with Crippen LogP contribution in [-0.4, -0.2) is 42.0 Å². The molecule has 1 aliphatic carbocycles. The molecule has 11 heteroatoms. The Morgan fingerprint density at radius 1 is 1.25 bits per heavy atom. The lowest BCUT2D eigenvalue weighted by atomic mass is 9.85. The van der Waals surface area contributed by atoms with Crippen LogP contribution in [0.1, 0.15) is 63.7 Å². The summed E-state index contributed by atoms with van der Waals surface area (Å²) in [6.45, 7) is 6.29. The molecule has 0 aliphatic heterocycles. The first-order chi connectivity index (χ1) is 18.9. The standard InChI is InChI=1S/C29H33N3O7S/c1-17-21-24(33)32(28(2,3)26(34)35)27(36)31(25(21)40-22(17)23-30-14-15-38-23)16-20(18-8-6-5-7-9-18)39-19-10-12-29(4,37)13-11-19/h5-9,14-15,19-20,37H,10-13,16H2,1-4H3,(H,34,35)/t19-,20-,29+/m0/s1. The van der Waals surface area contributed by atoms with Crippen LogP contribution < -0.4 is 11.2 Å². The van der Waals surface area contributed by atoms with Crippen molar-refractivity contribution in [2.45, 2.75) is 83.3 Å². The van der Waals surface area contributed by atoms with E-state index in [2.05, 4.69) is 4.98 Å². The normalized spacial score (nSPS) is 20.6. The highest BCUT2D eigenvalue weighted by molar-refractivity contribution is 7.22. The van der Waals surface area contributed by atoms with Crippen molar-refractivity contribution < 1.29 is 24.2 Å². The predicted molar refractivity (Wildman–Crippen MR) is 151 cm³/mol. The van der Waals surface area contributed by atoms with Crippen LogP contribution >= 0.6 is 11.3 Å². The van der Waals surface area contributed by atoms with Crippen molar-refractivity contribution in [2.75, 3.05) is 0 Å². The molecule has 0 amide bonds. The largest absolute Gasteiger partial charge is 0.480 e. The highest BCUT2D eigenvalue weighted by Gasteiger charge is 2.36. The molecule has 1 saturated carbocycles. The van der Waals surface area contributed by atoms with Crippen LogP contribution in [0.5, 0.6) is 0 Å². The van der Waals surface area contributed by atoms with Crippen molar-refractivity contribution in [3.05, 3.63) is 74.8 Å². The van der Waals surface area contributed by atoms with Crippen LogP contribution in [0, 0.1) is 6.92 Å². The Hall–Kier alpha value is -3.54. The number of oxazole rings is 1. The summed E-state index contributed by atoms with van der Waals surface area (Å²) in [6.07, 6.45) is 4.76. The Balaban J connectivity index is 1.69.